The summed E-state index contributed by atoms with van der Waals surface area (Å²) in [6.45, 7) is 4.16. The molecule has 18 heavy (non-hydrogen) atoms. The molecule has 6 nitrogen and oxygen atoms in total. The molecule has 0 aromatic rings. The Bertz CT molecular complexity index is 309. The van der Waals surface area contributed by atoms with E-state index >= 15 is 0 Å². The molecule has 106 valence electrons. The monoisotopic (exact) mass is 278 g/mol. The number of carboxylic acids is 1. The van der Waals surface area contributed by atoms with Gasteiger partial charge in [0.1, 0.15) is 0 Å². The summed E-state index contributed by atoms with van der Waals surface area (Å²) in [7, 11) is -0.893. The molecule has 0 rings (SSSR count). The highest BCUT2D eigenvalue weighted by Gasteiger charge is 2.15. The lowest BCUT2D eigenvalue weighted by atomic mass is 10.1. The Balaban J connectivity index is 3.78. The van der Waals surface area contributed by atoms with Crippen LogP contribution in [0.4, 0.5) is 4.79 Å². The quantitative estimate of drug-likeness (QED) is 0.604. The Morgan fingerprint density at radius 3 is 2.39 bits per heavy atom. The van der Waals surface area contributed by atoms with Crippen LogP contribution in [0.15, 0.2) is 0 Å². The van der Waals surface area contributed by atoms with E-state index in [1.165, 1.54) is 0 Å². The third-order valence-corrected chi connectivity index (χ3v) is 4.12. The van der Waals surface area contributed by atoms with E-state index in [0.29, 0.717) is 19.4 Å². The van der Waals surface area contributed by atoms with Crippen molar-refractivity contribution in [2.24, 2.45) is 5.92 Å². The number of rotatable bonds is 8. The van der Waals surface area contributed by atoms with Gasteiger partial charge in [0.05, 0.1) is 5.92 Å². The van der Waals surface area contributed by atoms with Gasteiger partial charge in [-0.1, -0.05) is 13.8 Å². The van der Waals surface area contributed by atoms with E-state index in [9.17, 15) is 13.8 Å². The average Bonchev–Trinajstić information content (AvgIpc) is 2.29. The van der Waals surface area contributed by atoms with Crippen LogP contribution in [0, 0.1) is 5.92 Å². The minimum absolute atomic E-state index is 0.0349. The zero-order valence-electron chi connectivity index (χ0n) is 11.1. The predicted octanol–water partition coefficient (Wildman–Crippen LogP) is 0.554. The maximum atomic E-state index is 11.3. The minimum atomic E-state index is -0.909. The van der Waals surface area contributed by atoms with Crippen molar-refractivity contribution in [1.82, 2.24) is 10.6 Å². The first kappa shape index (κ1) is 16.9. The van der Waals surface area contributed by atoms with Crippen molar-refractivity contribution in [3.63, 3.8) is 0 Å². The molecular weight excluding hydrogens is 256 g/mol. The lowest BCUT2D eigenvalue weighted by molar-refractivity contribution is -0.141. The number of hydrogen-bond acceptors (Lipinski definition) is 3. The Morgan fingerprint density at radius 2 is 1.94 bits per heavy atom. The first-order chi connectivity index (χ1) is 8.38. The molecule has 0 aliphatic heterocycles. The highest BCUT2D eigenvalue weighted by atomic mass is 32.2. The van der Waals surface area contributed by atoms with Crippen molar-refractivity contribution >= 4 is 22.8 Å². The molecule has 3 atom stereocenters. The van der Waals surface area contributed by atoms with Gasteiger partial charge in [-0.05, 0) is 12.8 Å². The number of carboxylic acid groups (broad SMARTS) is 1. The zero-order valence-corrected chi connectivity index (χ0v) is 11.9. The molecule has 0 aliphatic rings. The molecule has 0 aromatic carbocycles. The summed E-state index contributed by atoms with van der Waals surface area (Å²) in [6, 6.07) is -0.385. The van der Waals surface area contributed by atoms with Crippen molar-refractivity contribution in [3.8, 4) is 0 Å². The Hall–Kier alpha value is -1.11. The van der Waals surface area contributed by atoms with Crippen molar-refractivity contribution in [2.75, 3.05) is 19.3 Å². The molecule has 7 heteroatoms. The van der Waals surface area contributed by atoms with Gasteiger partial charge in [0, 0.05) is 35.4 Å². The Labute approximate surface area is 110 Å². The van der Waals surface area contributed by atoms with E-state index in [-0.39, 0.29) is 17.8 Å². The molecular formula is C11H22N2O4S. The van der Waals surface area contributed by atoms with Crippen molar-refractivity contribution in [1.29, 1.82) is 0 Å². The molecule has 0 aromatic heterocycles. The van der Waals surface area contributed by atoms with Gasteiger partial charge >= 0.3 is 12.0 Å². The third-order valence-electron chi connectivity index (χ3n) is 2.75. The SMILES string of the molecule is CCC(CNC(=O)NCCC(C)S(C)=O)C(=O)O. The van der Waals surface area contributed by atoms with Crippen LogP contribution in [0.1, 0.15) is 26.7 Å². The highest BCUT2D eigenvalue weighted by molar-refractivity contribution is 7.84. The molecule has 0 heterocycles. The number of carbonyl (C=O) groups is 2. The van der Waals surface area contributed by atoms with Crippen molar-refractivity contribution in [2.45, 2.75) is 31.9 Å². The second-order valence-electron chi connectivity index (χ2n) is 4.18. The largest absolute Gasteiger partial charge is 0.481 e. The van der Waals surface area contributed by atoms with E-state index in [1.807, 2.05) is 6.92 Å². The van der Waals surface area contributed by atoms with Gasteiger partial charge in [0.25, 0.3) is 0 Å². The maximum absolute atomic E-state index is 11.3. The molecule has 0 radical (unpaired) electrons. The Kier molecular flexibility index (Phi) is 8.36. The first-order valence-corrected chi connectivity index (χ1v) is 7.57. The van der Waals surface area contributed by atoms with Crippen LogP contribution in [0.2, 0.25) is 0 Å². The standard InChI is InChI=1S/C11H22N2O4S/c1-4-9(10(14)15)7-13-11(16)12-6-5-8(2)18(3)17/h8-9H,4-7H2,1-3H3,(H,14,15)(H2,12,13,16). The molecule has 0 saturated carbocycles. The maximum Gasteiger partial charge on any atom is 0.314 e. The highest BCUT2D eigenvalue weighted by Crippen LogP contribution is 2.00. The predicted molar refractivity (Wildman–Crippen MR) is 71.0 cm³/mol. The van der Waals surface area contributed by atoms with Gasteiger partial charge < -0.3 is 15.7 Å². The van der Waals surface area contributed by atoms with E-state index in [2.05, 4.69) is 10.6 Å². The van der Waals surface area contributed by atoms with Gasteiger partial charge in [-0.25, -0.2) is 4.79 Å². The molecule has 2 amide bonds. The molecule has 0 fully saturated rings. The van der Waals surface area contributed by atoms with Crippen molar-refractivity contribution < 1.29 is 18.9 Å². The van der Waals surface area contributed by atoms with E-state index in [1.54, 1.807) is 13.2 Å². The number of carbonyl (C=O) groups excluding carboxylic acids is 1. The number of amides is 2. The molecule has 0 saturated heterocycles. The van der Waals surface area contributed by atoms with E-state index in [4.69, 9.17) is 5.11 Å². The van der Waals surface area contributed by atoms with Gasteiger partial charge in [0.2, 0.25) is 0 Å². The first-order valence-electron chi connectivity index (χ1n) is 5.95. The lowest BCUT2D eigenvalue weighted by Crippen LogP contribution is -2.40. The zero-order chi connectivity index (χ0) is 14.1. The fourth-order valence-corrected chi connectivity index (χ4v) is 1.69. The van der Waals surface area contributed by atoms with Crippen LogP contribution >= 0.6 is 0 Å². The fraction of sp³-hybridized carbons (Fsp3) is 0.818. The molecule has 0 spiro atoms. The summed E-state index contributed by atoms with van der Waals surface area (Å²) in [6.07, 6.45) is 2.73. The second-order valence-corrected chi connectivity index (χ2v) is 5.98. The number of hydrogen-bond donors (Lipinski definition) is 3. The van der Waals surface area contributed by atoms with Crippen LogP contribution in [0.25, 0.3) is 0 Å². The van der Waals surface area contributed by atoms with Gasteiger partial charge in [-0.15, -0.1) is 0 Å². The van der Waals surface area contributed by atoms with E-state index in [0.717, 1.165) is 0 Å². The topological polar surface area (TPSA) is 95.5 Å². The molecule has 3 unspecified atom stereocenters. The number of urea groups is 1. The summed E-state index contributed by atoms with van der Waals surface area (Å²) >= 11 is 0. The van der Waals surface area contributed by atoms with Crippen LogP contribution < -0.4 is 10.6 Å². The smallest absolute Gasteiger partial charge is 0.314 e. The summed E-state index contributed by atoms with van der Waals surface area (Å²) in [4.78, 5) is 22.1. The Morgan fingerprint density at radius 1 is 1.33 bits per heavy atom. The molecule has 0 bridgehead atoms. The molecule has 3 N–H and O–H groups in total. The fourth-order valence-electron chi connectivity index (χ4n) is 1.24. The van der Waals surface area contributed by atoms with Crippen LogP contribution in [-0.4, -0.2) is 45.9 Å². The third kappa shape index (κ3) is 7.26. The summed E-state index contributed by atoms with van der Waals surface area (Å²) < 4.78 is 11.1. The van der Waals surface area contributed by atoms with Crippen LogP contribution in [0.3, 0.4) is 0 Å². The average molecular weight is 278 g/mol. The molecule has 0 aliphatic carbocycles. The minimum Gasteiger partial charge on any atom is -0.481 e. The normalized spacial score (nSPS) is 15.5. The summed E-state index contributed by atoms with van der Waals surface area (Å²) in [5.74, 6) is -1.47. The number of nitrogens with one attached hydrogen (secondary N) is 2. The van der Waals surface area contributed by atoms with Gasteiger partial charge in [-0.3, -0.25) is 9.00 Å². The van der Waals surface area contributed by atoms with Crippen molar-refractivity contribution in [3.05, 3.63) is 0 Å². The van der Waals surface area contributed by atoms with Gasteiger partial charge in [0.15, 0.2) is 0 Å². The lowest BCUT2D eigenvalue weighted by Gasteiger charge is -2.13. The van der Waals surface area contributed by atoms with E-state index < -0.39 is 22.7 Å². The van der Waals surface area contributed by atoms with Crippen LogP contribution in [-0.2, 0) is 15.6 Å². The number of aliphatic carboxylic acids is 1. The second kappa shape index (κ2) is 8.91. The van der Waals surface area contributed by atoms with Crippen LogP contribution in [0.5, 0.6) is 0 Å². The summed E-state index contributed by atoms with van der Waals surface area (Å²) in [5, 5.41) is 13.9. The summed E-state index contributed by atoms with van der Waals surface area (Å²) in [5.41, 5.74) is 0. The van der Waals surface area contributed by atoms with Gasteiger partial charge in [-0.2, -0.15) is 0 Å².